The van der Waals surface area contributed by atoms with E-state index in [0.29, 0.717) is 11.4 Å². The van der Waals surface area contributed by atoms with Crippen molar-refractivity contribution in [1.29, 1.82) is 0 Å². The summed E-state index contributed by atoms with van der Waals surface area (Å²) in [6.45, 7) is 16.1. The largest absolute Gasteiger partial charge is 2.00 e. The van der Waals surface area contributed by atoms with Crippen LogP contribution >= 0.6 is 0 Å². The van der Waals surface area contributed by atoms with Crippen LogP contribution in [-0.4, -0.2) is 16.2 Å². The quantitative estimate of drug-likeness (QED) is 0.362. The SMILES string of the molecule is CC(C)(C)c1cc([O-])c([O-])c(C(C)(C)C)c1.Cc1cccc(C)c1N=Cc1ncccn1.[Ni+2]. The second kappa shape index (κ2) is 11.4. The third-order valence-corrected chi connectivity index (χ3v) is 5.06. The fourth-order valence-corrected chi connectivity index (χ4v) is 3.10. The Balaban J connectivity index is 0.000000320. The van der Waals surface area contributed by atoms with Crippen LogP contribution < -0.4 is 10.2 Å². The number of para-hydroxylation sites is 1. The van der Waals surface area contributed by atoms with Gasteiger partial charge >= 0.3 is 16.5 Å². The Morgan fingerprint density at radius 1 is 0.818 bits per heavy atom. The van der Waals surface area contributed by atoms with Gasteiger partial charge in [0, 0.05) is 12.4 Å². The van der Waals surface area contributed by atoms with Crippen molar-refractivity contribution in [2.24, 2.45) is 4.99 Å². The molecule has 178 valence electrons. The monoisotopic (exact) mass is 489 g/mol. The van der Waals surface area contributed by atoms with Gasteiger partial charge in [-0.25, -0.2) is 9.97 Å². The minimum absolute atomic E-state index is 0. The number of nitrogens with zero attached hydrogens (tertiary/aromatic N) is 3. The average molecular weight is 490 g/mol. The van der Waals surface area contributed by atoms with Gasteiger partial charge < -0.3 is 10.2 Å². The van der Waals surface area contributed by atoms with E-state index in [4.69, 9.17) is 0 Å². The molecule has 0 saturated heterocycles. The first kappa shape index (κ1) is 28.3. The molecule has 3 rings (SSSR count). The average Bonchev–Trinajstić information content (AvgIpc) is 2.69. The molecule has 5 nitrogen and oxygen atoms in total. The van der Waals surface area contributed by atoms with Crippen LogP contribution in [0.25, 0.3) is 0 Å². The second-order valence-corrected chi connectivity index (χ2v) is 9.96. The number of rotatable bonds is 2. The van der Waals surface area contributed by atoms with Crippen molar-refractivity contribution in [2.75, 3.05) is 0 Å². The van der Waals surface area contributed by atoms with Gasteiger partial charge in [-0.2, -0.15) is 0 Å². The molecular formula is C27H33N3NiO2. The van der Waals surface area contributed by atoms with Crippen LogP contribution in [-0.2, 0) is 27.3 Å². The smallest absolute Gasteiger partial charge is 0.873 e. The predicted octanol–water partition coefficient (Wildman–Crippen LogP) is 5.27. The summed E-state index contributed by atoms with van der Waals surface area (Å²) >= 11 is 0. The Hall–Kier alpha value is -2.72. The molecule has 0 saturated carbocycles. The van der Waals surface area contributed by atoms with Gasteiger partial charge in [0.05, 0.1) is 11.9 Å². The maximum Gasteiger partial charge on any atom is 2.00 e. The number of aliphatic imine (C=N–C) groups is 1. The van der Waals surface area contributed by atoms with Crippen LogP contribution in [0, 0.1) is 13.8 Å². The van der Waals surface area contributed by atoms with Gasteiger partial charge in [-0.1, -0.05) is 77.4 Å². The van der Waals surface area contributed by atoms with E-state index in [-0.39, 0.29) is 33.1 Å². The Kier molecular flexibility index (Phi) is 9.80. The van der Waals surface area contributed by atoms with Crippen molar-refractivity contribution in [3.05, 3.63) is 76.9 Å². The Morgan fingerprint density at radius 3 is 1.85 bits per heavy atom. The molecule has 0 radical (unpaired) electrons. The molecule has 0 fully saturated rings. The summed E-state index contributed by atoms with van der Waals surface area (Å²) in [6.07, 6.45) is 5.10. The van der Waals surface area contributed by atoms with E-state index in [9.17, 15) is 10.2 Å². The van der Waals surface area contributed by atoms with E-state index in [0.717, 1.165) is 22.4 Å². The minimum Gasteiger partial charge on any atom is -0.873 e. The molecule has 0 amide bonds. The van der Waals surface area contributed by atoms with Crippen LogP contribution in [0.5, 0.6) is 11.5 Å². The summed E-state index contributed by atoms with van der Waals surface area (Å²) in [7, 11) is 0. The van der Waals surface area contributed by atoms with Crippen molar-refractivity contribution in [3.63, 3.8) is 0 Å². The van der Waals surface area contributed by atoms with Crippen LogP contribution in [0.3, 0.4) is 0 Å². The van der Waals surface area contributed by atoms with E-state index >= 15 is 0 Å². The minimum atomic E-state index is -0.391. The first-order valence-corrected chi connectivity index (χ1v) is 10.7. The van der Waals surface area contributed by atoms with Crippen molar-refractivity contribution >= 4 is 11.9 Å². The molecule has 0 N–H and O–H groups in total. The zero-order valence-corrected chi connectivity index (χ0v) is 21.7. The number of hydrogen-bond acceptors (Lipinski definition) is 5. The van der Waals surface area contributed by atoms with Crippen LogP contribution in [0.4, 0.5) is 5.69 Å². The fourth-order valence-electron chi connectivity index (χ4n) is 3.10. The molecule has 0 aliphatic heterocycles. The van der Waals surface area contributed by atoms with Crippen molar-refractivity contribution in [1.82, 2.24) is 9.97 Å². The molecule has 2 aromatic carbocycles. The topological polar surface area (TPSA) is 84.3 Å². The van der Waals surface area contributed by atoms with Gasteiger partial charge in [0.1, 0.15) is 0 Å². The standard InChI is InChI=1S/C14H22O2.C13H13N3.Ni/c1-13(2,3)9-7-10(14(4,5)6)12(16)11(15)8-9;1-10-5-3-6-11(2)13(10)16-9-12-14-7-4-8-15-12;/h7-8,15-16H,1-6H3;3-9H,1-2H3;/q;;+2/p-2. The Morgan fingerprint density at radius 2 is 1.36 bits per heavy atom. The summed E-state index contributed by atoms with van der Waals surface area (Å²) in [5, 5.41) is 23.4. The first-order chi connectivity index (χ1) is 14.8. The summed E-state index contributed by atoms with van der Waals surface area (Å²) in [5.41, 5.74) is 4.48. The van der Waals surface area contributed by atoms with E-state index in [2.05, 4.69) is 15.0 Å². The zero-order valence-electron chi connectivity index (χ0n) is 20.7. The predicted molar refractivity (Wildman–Crippen MR) is 128 cm³/mol. The van der Waals surface area contributed by atoms with E-state index < -0.39 is 5.75 Å². The Labute approximate surface area is 208 Å². The first-order valence-electron chi connectivity index (χ1n) is 10.7. The summed E-state index contributed by atoms with van der Waals surface area (Å²) in [5.74, 6) is -0.122. The molecule has 0 aliphatic rings. The van der Waals surface area contributed by atoms with Crippen molar-refractivity contribution in [2.45, 2.75) is 66.2 Å². The van der Waals surface area contributed by atoms with Gasteiger partial charge in [-0.15, -0.1) is 11.5 Å². The molecule has 0 bridgehead atoms. The second-order valence-electron chi connectivity index (χ2n) is 9.96. The van der Waals surface area contributed by atoms with Crippen LogP contribution in [0.2, 0.25) is 0 Å². The molecule has 33 heavy (non-hydrogen) atoms. The van der Waals surface area contributed by atoms with Crippen LogP contribution in [0.15, 0.2) is 53.8 Å². The molecular weight excluding hydrogens is 457 g/mol. The van der Waals surface area contributed by atoms with Crippen molar-refractivity contribution in [3.8, 4) is 11.5 Å². The number of aromatic nitrogens is 2. The third kappa shape index (κ3) is 7.97. The maximum absolute atomic E-state index is 11.8. The third-order valence-electron chi connectivity index (χ3n) is 5.06. The van der Waals surface area contributed by atoms with E-state index in [1.165, 1.54) is 6.07 Å². The molecule has 1 aromatic heterocycles. The van der Waals surface area contributed by atoms with Gasteiger partial charge in [-0.3, -0.25) is 4.99 Å². The van der Waals surface area contributed by atoms with E-state index in [1.807, 2.05) is 79.7 Å². The number of hydrogen-bond donors (Lipinski definition) is 0. The van der Waals surface area contributed by atoms with Gasteiger partial charge in [0.2, 0.25) is 0 Å². The molecule has 1 heterocycles. The Bertz CT molecular complexity index is 1060. The number of aryl methyl sites for hydroxylation is 2. The van der Waals surface area contributed by atoms with Gasteiger partial charge in [0.15, 0.2) is 5.82 Å². The van der Waals surface area contributed by atoms with E-state index in [1.54, 1.807) is 24.7 Å². The summed E-state index contributed by atoms with van der Waals surface area (Å²) < 4.78 is 0. The summed E-state index contributed by atoms with van der Waals surface area (Å²) in [4.78, 5) is 12.6. The normalized spacial score (nSPS) is 11.5. The molecule has 0 aliphatic carbocycles. The molecule has 3 aromatic rings. The van der Waals surface area contributed by atoms with Gasteiger partial charge in [0.25, 0.3) is 0 Å². The molecule has 0 atom stereocenters. The molecule has 0 unspecified atom stereocenters. The maximum atomic E-state index is 11.8. The molecule has 6 heteroatoms. The molecule has 0 spiro atoms. The number of benzene rings is 2. The van der Waals surface area contributed by atoms with Crippen molar-refractivity contribution < 1.29 is 26.7 Å². The van der Waals surface area contributed by atoms with Crippen LogP contribution in [0.1, 0.15) is 69.6 Å². The zero-order chi connectivity index (χ0) is 24.1. The van der Waals surface area contributed by atoms with Gasteiger partial charge in [-0.05, 0) is 47.4 Å². The summed E-state index contributed by atoms with van der Waals surface area (Å²) in [6, 6.07) is 11.3. The fraction of sp³-hybridized carbons (Fsp3) is 0.370.